The zero-order valence-corrected chi connectivity index (χ0v) is 16.2. The van der Waals surface area contributed by atoms with Gasteiger partial charge in [-0.05, 0) is 78.0 Å². The van der Waals surface area contributed by atoms with E-state index in [-0.39, 0.29) is 17.1 Å². The molecule has 1 aromatic rings. The summed E-state index contributed by atoms with van der Waals surface area (Å²) in [6, 6.07) is 4.30. The van der Waals surface area contributed by atoms with E-state index in [4.69, 9.17) is 0 Å². The minimum Gasteiger partial charge on any atom is -0.465 e. The van der Waals surface area contributed by atoms with Gasteiger partial charge in [-0.3, -0.25) is 0 Å². The summed E-state index contributed by atoms with van der Waals surface area (Å²) >= 11 is 0. The Labute approximate surface area is 146 Å². The molecule has 0 atom stereocenters. The predicted molar refractivity (Wildman–Crippen MR) is 98.5 cm³/mol. The standard InChI is InChI=1S/C20H32N2O2/c1-13-8-14(2)17(15(3)9-13)12-22(18(23)24)16-10-19(4,5)21-20(6,7)11-16/h8-9,16,21H,10-12H2,1-7H3,(H,23,24). The van der Waals surface area contributed by atoms with E-state index >= 15 is 0 Å². The Kier molecular flexibility index (Phi) is 5.01. The molecule has 1 aliphatic heterocycles. The van der Waals surface area contributed by atoms with Gasteiger partial charge in [-0.1, -0.05) is 17.7 Å². The van der Waals surface area contributed by atoms with Crippen LogP contribution in [0.2, 0.25) is 0 Å². The van der Waals surface area contributed by atoms with Gasteiger partial charge < -0.3 is 15.3 Å². The molecule has 24 heavy (non-hydrogen) atoms. The maximum Gasteiger partial charge on any atom is 0.407 e. The first-order chi connectivity index (χ1) is 10.9. The van der Waals surface area contributed by atoms with Gasteiger partial charge in [-0.2, -0.15) is 0 Å². The highest BCUT2D eigenvalue weighted by atomic mass is 16.4. The lowest BCUT2D eigenvalue weighted by Gasteiger charge is -2.49. The average Bonchev–Trinajstić information content (AvgIpc) is 2.32. The summed E-state index contributed by atoms with van der Waals surface area (Å²) in [5.74, 6) is 0. The molecule has 2 rings (SSSR count). The normalized spacial score (nSPS) is 20.0. The van der Waals surface area contributed by atoms with Crippen LogP contribution < -0.4 is 5.32 Å². The first kappa shape index (κ1) is 18.8. The Morgan fingerprint density at radius 1 is 1.12 bits per heavy atom. The highest BCUT2D eigenvalue weighted by molar-refractivity contribution is 5.66. The molecule has 2 N–H and O–H groups in total. The van der Waals surface area contributed by atoms with E-state index in [0.29, 0.717) is 6.54 Å². The molecule has 0 radical (unpaired) electrons. The number of piperidine rings is 1. The van der Waals surface area contributed by atoms with Crippen LogP contribution in [0.3, 0.4) is 0 Å². The topological polar surface area (TPSA) is 52.6 Å². The molecule has 0 saturated carbocycles. The van der Waals surface area contributed by atoms with E-state index in [1.165, 1.54) is 16.7 Å². The van der Waals surface area contributed by atoms with E-state index in [1.807, 2.05) is 0 Å². The maximum absolute atomic E-state index is 12.0. The van der Waals surface area contributed by atoms with Crippen LogP contribution in [0.15, 0.2) is 12.1 Å². The summed E-state index contributed by atoms with van der Waals surface area (Å²) in [5, 5.41) is 13.5. The zero-order chi connectivity index (χ0) is 18.3. The van der Waals surface area contributed by atoms with Crippen molar-refractivity contribution in [3.05, 3.63) is 34.4 Å². The van der Waals surface area contributed by atoms with Gasteiger partial charge in [0.25, 0.3) is 0 Å². The second kappa shape index (κ2) is 6.40. The van der Waals surface area contributed by atoms with Crippen molar-refractivity contribution in [2.45, 2.75) is 85.0 Å². The fourth-order valence-corrected chi connectivity index (χ4v) is 4.47. The molecule has 1 fully saturated rings. The Bertz CT molecular complexity index is 596. The van der Waals surface area contributed by atoms with Crippen molar-refractivity contribution in [3.63, 3.8) is 0 Å². The minimum atomic E-state index is -0.826. The second-order valence-corrected chi connectivity index (χ2v) is 8.74. The Morgan fingerprint density at radius 2 is 1.58 bits per heavy atom. The van der Waals surface area contributed by atoms with Crippen LogP contribution in [0.1, 0.15) is 62.8 Å². The van der Waals surface area contributed by atoms with Crippen LogP contribution >= 0.6 is 0 Å². The molecular weight excluding hydrogens is 300 g/mol. The lowest BCUT2D eigenvalue weighted by molar-refractivity contribution is 0.0588. The molecule has 0 unspecified atom stereocenters. The molecular formula is C20H32N2O2. The molecule has 0 aromatic heterocycles. The van der Waals surface area contributed by atoms with Gasteiger partial charge in [0.1, 0.15) is 0 Å². The van der Waals surface area contributed by atoms with Crippen molar-refractivity contribution in [3.8, 4) is 0 Å². The van der Waals surface area contributed by atoms with E-state index in [0.717, 1.165) is 18.4 Å². The molecule has 1 aromatic carbocycles. The SMILES string of the molecule is Cc1cc(C)c(CN(C(=O)O)C2CC(C)(C)NC(C)(C)C2)c(C)c1. The predicted octanol–water partition coefficient (Wildman–Crippen LogP) is 4.40. The molecule has 0 aliphatic carbocycles. The van der Waals surface area contributed by atoms with Crippen molar-refractivity contribution in [2.24, 2.45) is 0 Å². The number of carboxylic acid groups (broad SMARTS) is 1. The molecule has 1 saturated heterocycles. The van der Waals surface area contributed by atoms with Crippen LogP contribution in [0.4, 0.5) is 4.79 Å². The third-order valence-corrected chi connectivity index (χ3v) is 5.02. The number of hydrogen-bond acceptors (Lipinski definition) is 2. The van der Waals surface area contributed by atoms with Crippen molar-refractivity contribution in [2.75, 3.05) is 0 Å². The maximum atomic E-state index is 12.0. The summed E-state index contributed by atoms with van der Waals surface area (Å²) in [5.41, 5.74) is 4.56. The summed E-state index contributed by atoms with van der Waals surface area (Å²) in [6.45, 7) is 15.3. The van der Waals surface area contributed by atoms with Crippen molar-refractivity contribution in [1.82, 2.24) is 10.2 Å². The molecule has 134 valence electrons. The van der Waals surface area contributed by atoms with Crippen molar-refractivity contribution in [1.29, 1.82) is 0 Å². The number of amides is 1. The van der Waals surface area contributed by atoms with E-state index < -0.39 is 6.09 Å². The second-order valence-electron chi connectivity index (χ2n) is 8.74. The first-order valence-corrected chi connectivity index (χ1v) is 8.76. The summed E-state index contributed by atoms with van der Waals surface area (Å²) in [6.07, 6.45) is 0.826. The summed E-state index contributed by atoms with van der Waals surface area (Å²) < 4.78 is 0. The highest BCUT2D eigenvalue weighted by Crippen LogP contribution is 2.33. The Hall–Kier alpha value is -1.55. The van der Waals surface area contributed by atoms with Crippen LogP contribution in [-0.2, 0) is 6.54 Å². The van der Waals surface area contributed by atoms with Gasteiger partial charge >= 0.3 is 6.09 Å². The van der Waals surface area contributed by atoms with Gasteiger partial charge in [0.15, 0.2) is 0 Å². The number of rotatable bonds is 3. The molecule has 4 heteroatoms. The van der Waals surface area contributed by atoms with Gasteiger partial charge in [0.2, 0.25) is 0 Å². The fourth-order valence-electron chi connectivity index (χ4n) is 4.47. The Morgan fingerprint density at radius 3 is 2.00 bits per heavy atom. The van der Waals surface area contributed by atoms with Gasteiger partial charge in [-0.15, -0.1) is 0 Å². The lowest BCUT2D eigenvalue weighted by Crippen LogP contribution is -2.62. The van der Waals surface area contributed by atoms with Crippen molar-refractivity contribution < 1.29 is 9.90 Å². The van der Waals surface area contributed by atoms with Gasteiger partial charge in [0.05, 0.1) is 0 Å². The van der Waals surface area contributed by atoms with E-state index in [9.17, 15) is 9.90 Å². The monoisotopic (exact) mass is 332 g/mol. The van der Waals surface area contributed by atoms with Crippen LogP contribution in [-0.4, -0.2) is 33.2 Å². The molecule has 1 heterocycles. The van der Waals surface area contributed by atoms with Crippen LogP contribution in [0, 0.1) is 20.8 Å². The molecule has 0 bridgehead atoms. The third-order valence-electron chi connectivity index (χ3n) is 5.02. The number of nitrogens with one attached hydrogen (secondary N) is 1. The number of nitrogens with zero attached hydrogens (tertiary/aromatic N) is 1. The van der Waals surface area contributed by atoms with Crippen LogP contribution in [0.5, 0.6) is 0 Å². The molecule has 1 amide bonds. The molecule has 0 spiro atoms. The Balaban J connectivity index is 2.32. The number of benzene rings is 1. The lowest BCUT2D eigenvalue weighted by atomic mass is 9.79. The quantitative estimate of drug-likeness (QED) is 0.862. The summed E-state index contributed by atoms with van der Waals surface area (Å²) in [4.78, 5) is 13.7. The largest absolute Gasteiger partial charge is 0.465 e. The fraction of sp³-hybridized carbons (Fsp3) is 0.650. The average molecular weight is 332 g/mol. The molecule has 4 nitrogen and oxygen atoms in total. The minimum absolute atomic E-state index is 0.0221. The summed E-state index contributed by atoms with van der Waals surface area (Å²) in [7, 11) is 0. The first-order valence-electron chi connectivity index (χ1n) is 8.76. The number of hydrogen-bond donors (Lipinski definition) is 2. The van der Waals surface area contributed by atoms with Gasteiger partial charge in [0, 0.05) is 23.7 Å². The van der Waals surface area contributed by atoms with E-state index in [2.05, 4.69) is 65.9 Å². The van der Waals surface area contributed by atoms with Gasteiger partial charge in [-0.25, -0.2) is 4.79 Å². The third kappa shape index (κ3) is 4.29. The number of carbonyl (C=O) groups is 1. The van der Waals surface area contributed by atoms with Crippen molar-refractivity contribution >= 4 is 6.09 Å². The van der Waals surface area contributed by atoms with E-state index in [1.54, 1.807) is 4.90 Å². The zero-order valence-electron chi connectivity index (χ0n) is 16.2. The highest BCUT2D eigenvalue weighted by Gasteiger charge is 2.41. The van der Waals surface area contributed by atoms with Crippen LogP contribution in [0.25, 0.3) is 0 Å². The smallest absolute Gasteiger partial charge is 0.407 e. The molecule has 1 aliphatic rings. The number of aryl methyl sites for hydroxylation is 3.